The molecule has 0 saturated heterocycles. The van der Waals surface area contributed by atoms with Gasteiger partial charge in [-0.15, -0.1) is 19.0 Å². The van der Waals surface area contributed by atoms with Gasteiger partial charge < -0.3 is 5.32 Å². The summed E-state index contributed by atoms with van der Waals surface area (Å²) >= 11 is 0. The molecule has 0 heterocycles. The molecule has 0 saturated carbocycles. The molecule has 0 atom stereocenters. The molecule has 86 valence electrons. The van der Waals surface area contributed by atoms with Crippen LogP contribution in [0, 0.1) is 0 Å². The molecule has 0 aromatic heterocycles. The Bertz CT molecular complexity index is 229. The van der Waals surface area contributed by atoms with Crippen molar-refractivity contribution in [2.24, 2.45) is 0 Å². The molecule has 14 heavy (non-hydrogen) atoms. The van der Waals surface area contributed by atoms with Gasteiger partial charge in [0, 0.05) is 6.54 Å². The predicted molar refractivity (Wildman–Crippen MR) is 62.4 cm³/mol. The Kier molecular flexibility index (Phi) is 11.0. The van der Waals surface area contributed by atoms with Crippen LogP contribution in [-0.4, -0.2) is 34.3 Å². The molecule has 0 aromatic carbocycles. The highest BCUT2D eigenvalue weighted by molar-refractivity contribution is 7.89. The van der Waals surface area contributed by atoms with Gasteiger partial charge in [-0.05, 0) is 26.4 Å². The molecule has 6 heteroatoms. The highest BCUT2D eigenvalue weighted by Gasteiger charge is 2.06. The SMILES string of the molecule is C=CCCS(=O)(=O)NCCCNC.Cl. The van der Waals surface area contributed by atoms with Crippen LogP contribution in [0.3, 0.4) is 0 Å². The van der Waals surface area contributed by atoms with Gasteiger partial charge in [0.1, 0.15) is 0 Å². The number of nitrogens with one attached hydrogen (secondary N) is 2. The molecular weight excluding hydrogens is 224 g/mol. The zero-order valence-electron chi connectivity index (χ0n) is 8.45. The second-order valence-corrected chi connectivity index (χ2v) is 4.67. The molecule has 0 fully saturated rings. The minimum Gasteiger partial charge on any atom is -0.320 e. The number of rotatable bonds is 8. The quantitative estimate of drug-likeness (QED) is 0.482. The minimum absolute atomic E-state index is 0. The lowest BCUT2D eigenvalue weighted by Gasteiger charge is -2.04. The van der Waals surface area contributed by atoms with E-state index >= 15 is 0 Å². The average molecular weight is 243 g/mol. The van der Waals surface area contributed by atoms with E-state index in [4.69, 9.17) is 0 Å². The Balaban J connectivity index is 0. The summed E-state index contributed by atoms with van der Waals surface area (Å²) in [5, 5.41) is 2.95. The smallest absolute Gasteiger partial charge is 0.211 e. The summed E-state index contributed by atoms with van der Waals surface area (Å²) in [6, 6.07) is 0. The van der Waals surface area contributed by atoms with E-state index < -0.39 is 10.0 Å². The van der Waals surface area contributed by atoms with Crippen molar-refractivity contribution >= 4 is 22.4 Å². The fourth-order valence-electron chi connectivity index (χ4n) is 0.803. The maximum atomic E-state index is 11.2. The summed E-state index contributed by atoms with van der Waals surface area (Å²) in [7, 11) is -1.23. The summed E-state index contributed by atoms with van der Waals surface area (Å²) in [5.41, 5.74) is 0. The third kappa shape index (κ3) is 9.98. The van der Waals surface area contributed by atoms with Crippen LogP contribution in [0.25, 0.3) is 0 Å². The minimum atomic E-state index is -3.07. The van der Waals surface area contributed by atoms with Crippen molar-refractivity contribution < 1.29 is 8.42 Å². The van der Waals surface area contributed by atoms with Crippen molar-refractivity contribution in [1.82, 2.24) is 10.0 Å². The second kappa shape index (κ2) is 9.45. The van der Waals surface area contributed by atoms with E-state index in [1.807, 2.05) is 7.05 Å². The first kappa shape index (κ1) is 16.3. The molecule has 0 aliphatic carbocycles. The van der Waals surface area contributed by atoms with Crippen LogP contribution >= 0.6 is 12.4 Å². The molecule has 0 bridgehead atoms. The molecule has 0 amide bonds. The lowest BCUT2D eigenvalue weighted by molar-refractivity contribution is 0.577. The maximum absolute atomic E-state index is 11.2. The third-order valence-corrected chi connectivity index (χ3v) is 2.93. The van der Waals surface area contributed by atoms with Gasteiger partial charge in [-0.25, -0.2) is 13.1 Å². The lowest BCUT2D eigenvalue weighted by Crippen LogP contribution is -2.28. The highest BCUT2D eigenvalue weighted by atomic mass is 35.5. The van der Waals surface area contributed by atoms with Gasteiger partial charge >= 0.3 is 0 Å². The van der Waals surface area contributed by atoms with E-state index in [1.165, 1.54) is 0 Å². The largest absolute Gasteiger partial charge is 0.320 e. The predicted octanol–water partition coefficient (Wildman–Crippen LogP) is 0.513. The Morgan fingerprint density at radius 3 is 2.50 bits per heavy atom. The summed E-state index contributed by atoms with van der Waals surface area (Å²) in [4.78, 5) is 0. The molecule has 0 aliphatic heterocycles. The first-order chi connectivity index (χ1) is 6.12. The molecule has 4 nitrogen and oxygen atoms in total. The van der Waals surface area contributed by atoms with E-state index in [0.717, 1.165) is 13.0 Å². The zero-order chi connectivity index (χ0) is 10.2. The van der Waals surface area contributed by atoms with E-state index in [1.54, 1.807) is 6.08 Å². The van der Waals surface area contributed by atoms with E-state index in [0.29, 0.717) is 13.0 Å². The Labute approximate surface area is 92.6 Å². The molecule has 0 rings (SSSR count). The second-order valence-electron chi connectivity index (χ2n) is 2.75. The Morgan fingerprint density at radius 2 is 2.00 bits per heavy atom. The topological polar surface area (TPSA) is 58.2 Å². The molecular formula is C8H19ClN2O2S. The Hall–Kier alpha value is -0.100. The summed E-state index contributed by atoms with van der Waals surface area (Å²) < 4.78 is 24.9. The monoisotopic (exact) mass is 242 g/mol. The lowest BCUT2D eigenvalue weighted by atomic mass is 10.4. The highest BCUT2D eigenvalue weighted by Crippen LogP contribution is 1.90. The molecule has 0 aliphatic rings. The summed E-state index contributed by atoms with van der Waals surface area (Å²) in [6.45, 7) is 4.79. The number of hydrogen-bond acceptors (Lipinski definition) is 3. The van der Waals surface area contributed by atoms with Gasteiger partial charge in [0.15, 0.2) is 0 Å². The number of hydrogen-bond donors (Lipinski definition) is 2. The zero-order valence-corrected chi connectivity index (χ0v) is 10.1. The molecule has 0 unspecified atom stereocenters. The Morgan fingerprint density at radius 1 is 1.36 bits per heavy atom. The van der Waals surface area contributed by atoms with Crippen LogP contribution in [0.1, 0.15) is 12.8 Å². The van der Waals surface area contributed by atoms with E-state index in [9.17, 15) is 8.42 Å². The first-order valence-electron chi connectivity index (χ1n) is 4.35. The van der Waals surface area contributed by atoms with Crippen molar-refractivity contribution in [2.75, 3.05) is 25.9 Å². The summed E-state index contributed by atoms with van der Waals surface area (Å²) in [5.74, 6) is 0.135. The van der Waals surface area contributed by atoms with Gasteiger partial charge in [-0.1, -0.05) is 6.08 Å². The van der Waals surface area contributed by atoms with Crippen molar-refractivity contribution in [3.8, 4) is 0 Å². The molecule has 2 N–H and O–H groups in total. The van der Waals surface area contributed by atoms with Crippen molar-refractivity contribution in [3.63, 3.8) is 0 Å². The van der Waals surface area contributed by atoms with Crippen molar-refractivity contribution in [1.29, 1.82) is 0 Å². The number of halogens is 1. The van der Waals surface area contributed by atoms with Crippen LogP contribution < -0.4 is 10.0 Å². The van der Waals surface area contributed by atoms with Gasteiger partial charge in [0.2, 0.25) is 10.0 Å². The molecule has 0 aromatic rings. The van der Waals surface area contributed by atoms with Crippen molar-refractivity contribution in [2.45, 2.75) is 12.8 Å². The standard InChI is InChI=1S/C8H18N2O2S.ClH/c1-3-4-8-13(11,12)10-7-5-6-9-2;/h3,9-10H,1,4-8H2,2H3;1H. The third-order valence-electron chi connectivity index (χ3n) is 1.52. The fourth-order valence-corrected chi connectivity index (χ4v) is 1.88. The molecule has 0 spiro atoms. The van der Waals surface area contributed by atoms with Gasteiger partial charge in [-0.2, -0.15) is 0 Å². The van der Waals surface area contributed by atoms with Crippen molar-refractivity contribution in [3.05, 3.63) is 12.7 Å². The summed E-state index contributed by atoms with van der Waals surface area (Å²) in [6.07, 6.45) is 2.91. The van der Waals surface area contributed by atoms with Crippen LogP contribution in [0.4, 0.5) is 0 Å². The normalized spacial score (nSPS) is 10.6. The van der Waals surface area contributed by atoms with Crippen LogP contribution in [0.5, 0.6) is 0 Å². The van der Waals surface area contributed by atoms with Crippen LogP contribution in [0.15, 0.2) is 12.7 Å². The maximum Gasteiger partial charge on any atom is 0.211 e. The van der Waals surface area contributed by atoms with Gasteiger partial charge in [0.25, 0.3) is 0 Å². The number of allylic oxidation sites excluding steroid dienone is 1. The van der Waals surface area contributed by atoms with Crippen LogP contribution in [-0.2, 0) is 10.0 Å². The van der Waals surface area contributed by atoms with Crippen LogP contribution in [0.2, 0.25) is 0 Å². The van der Waals surface area contributed by atoms with Gasteiger partial charge in [0.05, 0.1) is 5.75 Å². The number of sulfonamides is 1. The van der Waals surface area contributed by atoms with Gasteiger partial charge in [-0.3, -0.25) is 0 Å². The van der Waals surface area contributed by atoms with E-state index in [2.05, 4.69) is 16.6 Å². The average Bonchev–Trinajstić information content (AvgIpc) is 2.09. The van der Waals surface area contributed by atoms with E-state index in [-0.39, 0.29) is 18.2 Å². The first-order valence-corrected chi connectivity index (χ1v) is 6.00. The molecule has 0 radical (unpaired) electrons. The fraction of sp³-hybridized carbons (Fsp3) is 0.750.